The van der Waals surface area contributed by atoms with Crippen molar-refractivity contribution in [2.24, 2.45) is 0 Å². The molecular formula is C15H21NO4S. The molecule has 0 amide bonds. The first-order valence-corrected chi connectivity index (χ1v) is 8.01. The van der Waals surface area contributed by atoms with Crippen molar-refractivity contribution in [3.8, 4) is 0 Å². The molecule has 1 saturated carbocycles. The minimum atomic E-state index is -0.567. The molecule has 0 aliphatic heterocycles. The minimum Gasteiger partial charge on any atom is -0.464 e. The molecule has 1 heterocycles. The number of carbonyl (C=O) groups excluding carboxylic acids is 2. The van der Waals surface area contributed by atoms with Gasteiger partial charge in [-0.25, -0.2) is 9.78 Å². The third kappa shape index (κ3) is 3.16. The van der Waals surface area contributed by atoms with Crippen LogP contribution in [-0.2, 0) is 15.1 Å². The second-order valence-electron chi connectivity index (χ2n) is 5.36. The number of ketones is 1. The van der Waals surface area contributed by atoms with Crippen LogP contribution < -0.4 is 0 Å². The van der Waals surface area contributed by atoms with Crippen LogP contribution in [0.1, 0.15) is 70.6 Å². The molecule has 5 nitrogen and oxygen atoms in total. The molecule has 1 aromatic rings. The first-order chi connectivity index (χ1) is 10.0. The fraction of sp³-hybridized carbons (Fsp3) is 0.667. The van der Waals surface area contributed by atoms with E-state index in [0.717, 1.165) is 30.7 Å². The van der Waals surface area contributed by atoms with E-state index >= 15 is 0 Å². The molecule has 0 atom stereocenters. The summed E-state index contributed by atoms with van der Waals surface area (Å²) in [6, 6.07) is 0. The molecule has 0 bridgehead atoms. The molecule has 0 unspecified atom stereocenters. The van der Waals surface area contributed by atoms with Gasteiger partial charge >= 0.3 is 5.97 Å². The van der Waals surface area contributed by atoms with Crippen LogP contribution in [0, 0.1) is 0 Å². The summed E-state index contributed by atoms with van der Waals surface area (Å²) in [5.74, 6) is -0.735. The van der Waals surface area contributed by atoms with Gasteiger partial charge < -0.3 is 9.47 Å². The lowest BCUT2D eigenvalue weighted by Gasteiger charge is -2.29. The summed E-state index contributed by atoms with van der Waals surface area (Å²) >= 11 is 1.26. The molecule has 6 heteroatoms. The Bertz CT molecular complexity index is 530. The number of nitrogens with zero attached hydrogens (tertiary/aromatic N) is 1. The average molecular weight is 311 g/mol. The third-order valence-electron chi connectivity index (χ3n) is 4.02. The summed E-state index contributed by atoms with van der Waals surface area (Å²) in [5, 5.41) is 0.720. The van der Waals surface area contributed by atoms with E-state index in [-0.39, 0.29) is 11.5 Å². The van der Waals surface area contributed by atoms with E-state index in [1.165, 1.54) is 38.2 Å². The van der Waals surface area contributed by atoms with Crippen LogP contribution in [0.4, 0.5) is 0 Å². The molecule has 0 N–H and O–H groups in total. The van der Waals surface area contributed by atoms with Crippen LogP contribution in [0.25, 0.3) is 0 Å². The van der Waals surface area contributed by atoms with Gasteiger partial charge in [0, 0.05) is 14.0 Å². The standard InChI is InChI=1S/C15H21NO4S/c1-10(17)12-11(13(18)19-2)16-14(21-12)15(20-3)8-6-4-5-7-9-15/h4-9H2,1-3H3. The summed E-state index contributed by atoms with van der Waals surface area (Å²) in [5.41, 5.74) is -0.358. The van der Waals surface area contributed by atoms with Gasteiger partial charge in [-0.1, -0.05) is 25.7 Å². The van der Waals surface area contributed by atoms with E-state index in [9.17, 15) is 9.59 Å². The van der Waals surface area contributed by atoms with Gasteiger partial charge in [-0.2, -0.15) is 0 Å². The van der Waals surface area contributed by atoms with Crippen LogP contribution in [0.15, 0.2) is 0 Å². The van der Waals surface area contributed by atoms with Gasteiger partial charge in [-0.05, 0) is 12.8 Å². The van der Waals surface area contributed by atoms with Crippen molar-refractivity contribution in [1.82, 2.24) is 4.98 Å². The fourth-order valence-corrected chi connectivity index (χ4v) is 3.97. The Morgan fingerprint density at radius 2 is 1.76 bits per heavy atom. The summed E-state index contributed by atoms with van der Waals surface area (Å²) in [6.45, 7) is 1.44. The Labute approximate surface area is 128 Å². The minimum absolute atomic E-state index is 0.116. The zero-order chi connectivity index (χ0) is 15.5. The highest BCUT2D eigenvalue weighted by Crippen LogP contribution is 2.41. The normalized spacial score (nSPS) is 18.0. The van der Waals surface area contributed by atoms with Crippen molar-refractivity contribution in [2.75, 3.05) is 14.2 Å². The Balaban J connectivity index is 2.46. The van der Waals surface area contributed by atoms with Gasteiger partial charge in [0.05, 0.1) is 7.11 Å². The Morgan fingerprint density at radius 1 is 1.14 bits per heavy atom. The molecule has 0 aromatic carbocycles. The third-order valence-corrected chi connectivity index (χ3v) is 5.36. The smallest absolute Gasteiger partial charge is 0.358 e. The highest BCUT2D eigenvalue weighted by atomic mass is 32.1. The first-order valence-electron chi connectivity index (χ1n) is 7.20. The Hall–Kier alpha value is -1.27. The van der Waals surface area contributed by atoms with E-state index in [2.05, 4.69) is 4.98 Å². The first kappa shape index (κ1) is 16.1. The van der Waals surface area contributed by atoms with Crippen molar-refractivity contribution in [1.29, 1.82) is 0 Å². The lowest BCUT2D eigenvalue weighted by molar-refractivity contribution is -0.0280. The molecular weight excluding hydrogens is 290 g/mol. The molecule has 0 radical (unpaired) electrons. The van der Waals surface area contributed by atoms with Crippen molar-refractivity contribution in [3.63, 3.8) is 0 Å². The molecule has 0 spiro atoms. The van der Waals surface area contributed by atoms with Crippen molar-refractivity contribution in [3.05, 3.63) is 15.6 Å². The van der Waals surface area contributed by atoms with Crippen LogP contribution in [0.2, 0.25) is 0 Å². The number of esters is 1. The monoisotopic (exact) mass is 311 g/mol. The van der Waals surface area contributed by atoms with Gasteiger partial charge in [0.1, 0.15) is 15.5 Å². The zero-order valence-corrected chi connectivity index (χ0v) is 13.5. The SMILES string of the molecule is COC(=O)c1nc(C2(OC)CCCCCC2)sc1C(C)=O. The Morgan fingerprint density at radius 3 is 2.24 bits per heavy atom. The molecule has 116 valence electrons. The number of aromatic nitrogens is 1. The van der Waals surface area contributed by atoms with Crippen molar-refractivity contribution < 1.29 is 19.1 Å². The van der Waals surface area contributed by atoms with Gasteiger partial charge in [0.2, 0.25) is 0 Å². The summed E-state index contributed by atoms with van der Waals surface area (Å²) in [6.07, 6.45) is 6.23. The van der Waals surface area contributed by atoms with Gasteiger partial charge in [-0.15, -0.1) is 11.3 Å². The number of rotatable bonds is 4. The lowest BCUT2D eigenvalue weighted by Crippen LogP contribution is -2.27. The maximum absolute atomic E-state index is 11.8. The number of carbonyl (C=O) groups is 2. The molecule has 21 heavy (non-hydrogen) atoms. The Kier molecular flexibility index (Phi) is 5.11. The van der Waals surface area contributed by atoms with Gasteiger partial charge in [0.15, 0.2) is 11.5 Å². The number of hydrogen-bond acceptors (Lipinski definition) is 6. The predicted molar refractivity (Wildman–Crippen MR) is 79.8 cm³/mol. The number of ether oxygens (including phenoxy) is 2. The number of hydrogen-bond donors (Lipinski definition) is 0. The molecule has 1 aliphatic rings. The van der Waals surface area contributed by atoms with Crippen molar-refractivity contribution in [2.45, 2.75) is 51.0 Å². The summed E-state index contributed by atoms with van der Waals surface area (Å²) in [4.78, 5) is 28.4. The van der Waals surface area contributed by atoms with Crippen LogP contribution in [-0.4, -0.2) is 31.0 Å². The van der Waals surface area contributed by atoms with E-state index in [0.29, 0.717) is 4.88 Å². The van der Waals surface area contributed by atoms with E-state index in [4.69, 9.17) is 9.47 Å². The summed E-state index contributed by atoms with van der Waals surface area (Å²) in [7, 11) is 2.97. The van der Waals surface area contributed by atoms with Crippen LogP contribution >= 0.6 is 11.3 Å². The second kappa shape index (κ2) is 6.66. The largest absolute Gasteiger partial charge is 0.464 e. The number of thiazole rings is 1. The highest BCUT2D eigenvalue weighted by Gasteiger charge is 2.38. The second-order valence-corrected chi connectivity index (χ2v) is 6.36. The molecule has 2 rings (SSSR count). The van der Waals surface area contributed by atoms with Crippen LogP contribution in [0.3, 0.4) is 0 Å². The highest BCUT2D eigenvalue weighted by molar-refractivity contribution is 7.14. The number of Topliss-reactive ketones (excluding diaryl/α,β-unsaturated/α-hetero) is 1. The van der Waals surface area contributed by atoms with Gasteiger partial charge in [0.25, 0.3) is 0 Å². The average Bonchev–Trinajstić information content (AvgIpc) is 2.80. The van der Waals surface area contributed by atoms with Gasteiger partial charge in [-0.3, -0.25) is 4.79 Å². The van der Waals surface area contributed by atoms with Crippen LogP contribution in [0.5, 0.6) is 0 Å². The molecule has 0 saturated heterocycles. The van der Waals surface area contributed by atoms with Crippen molar-refractivity contribution >= 4 is 23.1 Å². The number of methoxy groups -OCH3 is 2. The fourth-order valence-electron chi connectivity index (χ4n) is 2.79. The molecule has 1 aromatic heterocycles. The summed E-state index contributed by atoms with van der Waals surface area (Å²) < 4.78 is 10.5. The lowest BCUT2D eigenvalue weighted by atomic mass is 9.95. The van der Waals surface area contributed by atoms with E-state index in [1.807, 2.05) is 0 Å². The molecule has 1 fully saturated rings. The quantitative estimate of drug-likeness (QED) is 0.485. The maximum Gasteiger partial charge on any atom is 0.358 e. The topological polar surface area (TPSA) is 65.5 Å². The molecule has 1 aliphatic carbocycles. The van der Waals surface area contributed by atoms with E-state index in [1.54, 1.807) is 7.11 Å². The maximum atomic E-state index is 11.8. The predicted octanol–water partition coefficient (Wildman–Crippen LogP) is 3.33. The van der Waals surface area contributed by atoms with E-state index < -0.39 is 11.6 Å². The zero-order valence-electron chi connectivity index (χ0n) is 12.7.